The van der Waals surface area contributed by atoms with Crippen molar-refractivity contribution in [1.82, 2.24) is 0 Å². The lowest BCUT2D eigenvalue weighted by Gasteiger charge is -2.05. The predicted octanol–water partition coefficient (Wildman–Crippen LogP) is 3.39. The molecule has 1 N–H and O–H groups in total. The van der Waals surface area contributed by atoms with E-state index in [4.69, 9.17) is 16.0 Å². The van der Waals surface area contributed by atoms with Gasteiger partial charge in [0.05, 0.1) is 11.8 Å². The van der Waals surface area contributed by atoms with Gasteiger partial charge in [-0.25, -0.2) is 0 Å². The minimum atomic E-state index is -0.380. The van der Waals surface area contributed by atoms with Gasteiger partial charge in [-0.2, -0.15) is 0 Å². The number of hydrogen-bond donors (Lipinski definition) is 1. The third kappa shape index (κ3) is 2.60. The van der Waals surface area contributed by atoms with Crippen molar-refractivity contribution in [2.45, 2.75) is 6.92 Å². The Hall–Kier alpha value is -2.07. The highest BCUT2D eigenvalue weighted by Crippen LogP contribution is 2.19. The van der Waals surface area contributed by atoms with E-state index in [9.17, 15) is 9.59 Å². The van der Waals surface area contributed by atoms with Gasteiger partial charge in [0, 0.05) is 11.3 Å². The molecule has 1 aromatic heterocycles. The van der Waals surface area contributed by atoms with Crippen LogP contribution in [-0.2, 0) is 0 Å². The smallest absolute Gasteiger partial charge is 0.260 e. The topological polar surface area (TPSA) is 59.3 Å². The van der Waals surface area contributed by atoms with Crippen molar-refractivity contribution < 1.29 is 14.0 Å². The van der Waals surface area contributed by atoms with Crippen LogP contribution in [0.15, 0.2) is 41.0 Å². The molecule has 0 saturated heterocycles. The number of carbonyl (C=O) groups is 2. The number of hydrogen-bond acceptors (Lipinski definition) is 3. The van der Waals surface area contributed by atoms with Gasteiger partial charge in [0.15, 0.2) is 5.78 Å². The van der Waals surface area contributed by atoms with E-state index in [0.717, 1.165) is 0 Å². The molecule has 1 heterocycles. The molecule has 0 radical (unpaired) electrons. The fourth-order valence-corrected chi connectivity index (χ4v) is 1.67. The van der Waals surface area contributed by atoms with Crippen LogP contribution in [-0.4, -0.2) is 11.7 Å². The lowest BCUT2D eigenvalue weighted by molar-refractivity contribution is 0.101. The molecule has 0 spiro atoms. The lowest BCUT2D eigenvalue weighted by Crippen LogP contribution is -2.11. The number of Topliss-reactive ketones (excluding diaryl/α,β-unsaturated/α-hetero) is 1. The second-order valence-electron chi connectivity index (χ2n) is 3.70. The van der Waals surface area contributed by atoms with E-state index in [1.54, 1.807) is 24.3 Å². The molecule has 18 heavy (non-hydrogen) atoms. The van der Waals surface area contributed by atoms with Gasteiger partial charge in [0.1, 0.15) is 0 Å². The number of anilines is 1. The molecule has 0 fully saturated rings. The largest absolute Gasteiger partial charge is 0.452 e. The minimum Gasteiger partial charge on any atom is -0.452 e. The highest BCUT2D eigenvalue weighted by Gasteiger charge is 2.13. The monoisotopic (exact) mass is 263 g/mol. The Morgan fingerprint density at radius 2 is 2.06 bits per heavy atom. The van der Waals surface area contributed by atoms with Crippen molar-refractivity contribution >= 4 is 29.0 Å². The van der Waals surface area contributed by atoms with E-state index in [0.29, 0.717) is 11.3 Å². The summed E-state index contributed by atoms with van der Waals surface area (Å²) < 4.78 is 4.84. The van der Waals surface area contributed by atoms with Gasteiger partial charge in [0.25, 0.3) is 5.91 Å². The second kappa shape index (κ2) is 5.06. The molecule has 0 saturated carbocycles. The molecule has 0 bridgehead atoms. The van der Waals surface area contributed by atoms with Gasteiger partial charge in [-0.1, -0.05) is 12.1 Å². The van der Waals surface area contributed by atoms with Gasteiger partial charge in [-0.3, -0.25) is 9.59 Å². The zero-order valence-electron chi connectivity index (χ0n) is 9.57. The average Bonchev–Trinajstić information content (AvgIpc) is 2.76. The highest BCUT2D eigenvalue weighted by molar-refractivity contribution is 6.32. The van der Waals surface area contributed by atoms with Crippen molar-refractivity contribution in [3.8, 4) is 0 Å². The fraction of sp³-hybridized carbons (Fsp3) is 0.0769. The fourth-order valence-electron chi connectivity index (χ4n) is 1.47. The van der Waals surface area contributed by atoms with Crippen LogP contribution in [0.5, 0.6) is 0 Å². The SMILES string of the molecule is CC(=O)c1cccc(NC(=O)c2ccoc2Cl)c1. The van der Waals surface area contributed by atoms with Crippen molar-refractivity contribution in [2.24, 2.45) is 0 Å². The van der Waals surface area contributed by atoms with Crippen LogP contribution in [0.3, 0.4) is 0 Å². The summed E-state index contributed by atoms with van der Waals surface area (Å²) in [6.07, 6.45) is 1.34. The zero-order chi connectivity index (χ0) is 13.1. The third-order valence-electron chi connectivity index (χ3n) is 2.39. The van der Waals surface area contributed by atoms with Crippen LogP contribution in [0.25, 0.3) is 0 Å². The van der Waals surface area contributed by atoms with Crippen LogP contribution in [0.1, 0.15) is 27.6 Å². The van der Waals surface area contributed by atoms with Gasteiger partial charge in [-0.15, -0.1) is 0 Å². The number of benzene rings is 1. The highest BCUT2D eigenvalue weighted by atomic mass is 35.5. The Balaban J connectivity index is 2.20. The molecule has 0 unspecified atom stereocenters. The predicted molar refractivity (Wildman–Crippen MR) is 68.1 cm³/mol. The normalized spacial score (nSPS) is 10.1. The Bertz CT molecular complexity index is 604. The minimum absolute atomic E-state index is 0.0372. The summed E-state index contributed by atoms with van der Waals surface area (Å²) in [4.78, 5) is 23.1. The van der Waals surface area contributed by atoms with Crippen molar-refractivity contribution in [3.63, 3.8) is 0 Å². The molecule has 2 rings (SSSR count). The molecular formula is C13H10ClNO3. The van der Waals surface area contributed by atoms with Crippen LogP contribution in [0.4, 0.5) is 5.69 Å². The maximum atomic E-state index is 11.8. The average molecular weight is 264 g/mol. The lowest BCUT2D eigenvalue weighted by atomic mass is 10.1. The number of ketones is 1. The van der Waals surface area contributed by atoms with E-state index < -0.39 is 0 Å². The van der Waals surface area contributed by atoms with Crippen molar-refractivity contribution in [3.05, 3.63) is 52.9 Å². The standard InChI is InChI=1S/C13H10ClNO3/c1-8(16)9-3-2-4-10(7-9)15-13(17)11-5-6-18-12(11)14/h2-7H,1H3,(H,15,17). The first-order valence-electron chi connectivity index (χ1n) is 5.23. The summed E-state index contributed by atoms with van der Waals surface area (Å²) in [5.74, 6) is -0.443. The molecule has 5 heteroatoms. The number of nitrogens with one attached hydrogen (secondary N) is 1. The van der Waals surface area contributed by atoms with Gasteiger partial charge < -0.3 is 9.73 Å². The quantitative estimate of drug-likeness (QED) is 0.864. The van der Waals surface area contributed by atoms with E-state index >= 15 is 0 Å². The molecule has 2 aromatic rings. The first-order chi connectivity index (χ1) is 8.58. The summed E-state index contributed by atoms with van der Waals surface area (Å²) in [7, 11) is 0. The van der Waals surface area contributed by atoms with Gasteiger partial charge in [-0.05, 0) is 36.7 Å². The summed E-state index contributed by atoms with van der Waals surface area (Å²) in [5, 5.41) is 2.68. The third-order valence-corrected chi connectivity index (χ3v) is 2.68. The summed E-state index contributed by atoms with van der Waals surface area (Å²) in [6.45, 7) is 1.47. The molecule has 1 aromatic carbocycles. The number of rotatable bonds is 3. The Kier molecular flexibility index (Phi) is 3.48. The maximum Gasteiger partial charge on any atom is 0.260 e. The molecule has 1 amide bonds. The summed E-state index contributed by atoms with van der Waals surface area (Å²) in [6, 6.07) is 8.16. The van der Waals surface area contributed by atoms with Crippen molar-refractivity contribution in [2.75, 3.05) is 5.32 Å². The second-order valence-corrected chi connectivity index (χ2v) is 4.04. The van der Waals surface area contributed by atoms with Crippen LogP contribution in [0, 0.1) is 0 Å². The number of halogens is 1. The van der Waals surface area contributed by atoms with E-state index in [1.807, 2.05) is 0 Å². The van der Waals surface area contributed by atoms with E-state index in [1.165, 1.54) is 19.3 Å². The number of amides is 1. The summed E-state index contributed by atoms with van der Waals surface area (Å²) >= 11 is 5.70. The number of furan rings is 1. The Morgan fingerprint density at radius 3 is 2.67 bits per heavy atom. The zero-order valence-corrected chi connectivity index (χ0v) is 10.3. The molecule has 4 nitrogen and oxygen atoms in total. The first-order valence-corrected chi connectivity index (χ1v) is 5.61. The molecule has 92 valence electrons. The molecular weight excluding hydrogens is 254 g/mol. The first kappa shape index (κ1) is 12.4. The van der Waals surface area contributed by atoms with Crippen LogP contribution < -0.4 is 5.32 Å². The van der Waals surface area contributed by atoms with Crippen LogP contribution in [0.2, 0.25) is 5.22 Å². The molecule has 0 aliphatic carbocycles. The molecule has 0 aliphatic rings. The summed E-state index contributed by atoms with van der Waals surface area (Å²) in [5.41, 5.74) is 1.32. The molecule has 0 atom stereocenters. The van der Waals surface area contributed by atoms with Gasteiger partial charge >= 0.3 is 0 Å². The Labute approximate surface area is 109 Å². The maximum absolute atomic E-state index is 11.8. The van der Waals surface area contributed by atoms with Crippen LogP contribution >= 0.6 is 11.6 Å². The van der Waals surface area contributed by atoms with E-state index in [2.05, 4.69) is 5.32 Å². The number of carbonyl (C=O) groups excluding carboxylic acids is 2. The molecule has 0 aliphatic heterocycles. The van der Waals surface area contributed by atoms with Gasteiger partial charge in [0.2, 0.25) is 5.22 Å². The van der Waals surface area contributed by atoms with E-state index in [-0.39, 0.29) is 22.5 Å². The Morgan fingerprint density at radius 1 is 1.28 bits per heavy atom. The van der Waals surface area contributed by atoms with Crippen molar-refractivity contribution in [1.29, 1.82) is 0 Å².